The van der Waals surface area contributed by atoms with E-state index in [9.17, 15) is 9.59 Å². The second-order valence-corrected chi connectivity index (χ2v) is 8.49. The first-order chi connectivity index (χ1) is 13.4. The summed E-state index contributed by atoms with van der Waals surface area (Å²) in [6.07, 6.45) is -0.669. The predicted molar refractivity (Wildman–Crippen MR) is 113 cm³/mol. The third-order valence-corrected chi connectivity index (χ3v) is 6.15. The van der Waals surface area contributed by atoms with Crippen molar-refractivity contribution in [2.75, 3.05) is 0 Å². The van der Waals surface area contributed by atoms with Crippen LogP contribution in [0.25, 0.3) is 20.7 Å². The molecule has 0 saturated carbocycles. The van der Waals surface area contributed by atoms with Gasteiger partial charge < -0.3 is 9.72 Å². The lowest BCUT2D eigenvalue weighted by atomic mass is 10.1. The van der Waals surface area contributed by atoms with Crippen molar-refractivity contribution in [2.45, 2.75) is 26.9 Å². The van der Waals surface area contributed by atoms with Gasteiger partial charge in [0.05, 0.1) is 10.9 Å². The van der Waals surface area contributed by atoms with Crippen LogP contribution in [0.3, 0.4) is 0 Å². The van der Waals surface area contributed by atoms with Gasteiger partial charge in [-0.1, -0.05) is 23.3 Å². The van der Waals surface area contributed by atoms with Crippen molar-refractivity contribution in [3.8, 4) is 10.4 Å². The van der Waals surface area contributed by atoms with Crippen LogP contribution in [0.2, 0.25) is 0 Å². The van der Waals surface area contributed by atoms with Gasteiger partial charge in [-0.25, -0.2) is 9.78 Å². The number of aryl methyl sites for hydroxylation is 2. The molecule has 7 heteroatoms. The Bertz CT molecular complexity index is 1200. The highest BCUT2D eigenvalue weighted by Crippen LogP contribution is 2.33. The van der Waals surface area contributed by atoms with Gasteiger partial charge in [-0.2, -0.15) is 0 Å². The summed E-state index contributed by atoms with van der Waals surface area (Å²) in [6, 6.07) is 9.50. The maximum absolute atomic E-state index is 12.7. The molecule has 0 radical (unpaired) electrons. The molecule has 4 aromatic rings. The number of nitrogens with zero attached hydrogens (tertiary/aromatic N) is 1. The number of benzene rings is 1. The maximum atomic E-state index is 12.7. The first-order valence-corrected chi connectivity index (χ1v) is 10.5. The minimum absolute atomic E-state index is 0.223. The van der Waals surface area contributed by atoms with Crippen LogP contribution in [0.5, 0.6) is 0 Å². The average Bonchev–Trinajstić information content (AvgIpc) is 3.30. The standard InChI is InChI=1S/C21H18N2O3S2/c1-11-7-12(2)9-14(8-11)21(25)26-13(3)18-22-19(24)17-15(10-28-20(17)23-18)16-5-4-6-27-16/h4-10,13H,1-3H3,(H,22,23,24)/t13-/m1/s1. The van der Waals surface area contributed by atoms with Gasteiger partial charge in [-0.3, -0.25) is 4.79 Å². The molecule has 5 nitrogen and oxygen atoms in total. The predicted octanol–water partition coefficient (Wildman–Crippen LogP) is 5.25. The molecule has 0 bridgehead atoms. The Morgan fingerprint density at radius 3 is 2.61 bits per heavy atom. The molecule has 1 N–H and O–H groups in total. The van der Waals surface area contributed by atoms with Crippen LogP contribution in [-0.4, -0.2) is 15.9 Å². The van der Waals surface area contributed by atoms with Crippen LogP contribution < -0.4 is 5.56 Å². The van der Waals surface area contributed by atoms with Gasteiger partial charge in [0.25, 0.3) is 5.56 Å². The molecule has 0 aliphatic rings. The van der Waals surface area contributed by atoms with E-state index in [1.165, 1.54) is 11.3 Å². The first kappa shape index (κ1) is 18.6. The van der Waals surface area contributed by atoms with Crippen molar-refractivity contribution in [1.29, 1.82) is 0 Å². The summed E-state index contributed by atoms with van der Waals surface area (Å²) >= 11 is 2.99. The second kappa shape index (κ2) is 7.33. The topological polar surface area (TPSA) is 72.0 Å². The van der Waals surface area contributed by atoms with Crippen LogP contribution >= 0.6 is 22.7 Å². The summed E-state index contributed by atoms with van der Waals surface area (Å²) in [5.41, 5.74) is 3.14. The van der Waals surface area contributed by atoms with E-state index >= 15 is 0 Å². The van der Waals surface area contributed by atoms with Gasteiger partial charge in [0, 0.05) is 15.8 Å². The highest BCUT2D eigenvalue weighted by molar-refractivity contribution is 7.18. The van der Waals surface area contributed by atoms with Crippen LogP contribution in [-0.2, 0) is 4.74 Å². The number of H-pyrrole nitrogens is 1. The zero-order valence-electron chi connectivity index (χ0n) is 15.6. The van der Waals surface area contributed by atoms with Gasteiger partial charge in [-0.05, 0) is 44.4 Å². The molecule has 28 heavy (non-hydrogen) atoms. The average molecular weight is 411 g/mol. The number of aromatic amines is 1. The quantitative estimate of drug-likeness (QED) is 0.467. The number of fused-ring (bicyclic) bond motifs is 1. The smallest absolute Gasteiger partial charge is 0.338 e. The zero-order valence-corrected chi connectivity index (χ0v) is 17.2. The van der Waals surface area contributed by atoms with Crippen molar-refractivity contribution in [3.63, 3.8) is 0 Å². The molecule has 1 atom stereocenters. The van der Waals surface area contributed by atoms with Gasteiger partial charge in [0.2, 0.25) is 0 Å². The van der Waals surface area contributed by atoms with E-state index in [1.54, 1.807) is 30.4 Å². The normalized spacial score (nSPS) is 12.2. The number of thiophene rings is 2. The van der Waals surface area contributed by atoms with E-state index in [2.05, 4.69) is 9.97 Å². The molecule has 4 rings (SSSR count). The van der Waals surface area contributed by atoms with E-state index in [-0.39, 0.29) is 5.56 Å². The lowest BCUT2D eigenvalue weighted by Crippen LogP contribution is -2.17. The first-order valence-electron chi connectivity index (χ1n) is 8.77. The molecule has 0 fully saturated rings. The molecular formula is C21H18N2O3S2. The highest BCUT2D eigenvalue weighted by Gasteiger charge is 2.19. The van der Waals surface area contributed by atoms with E-state index in [0.29, 0.717) is 21.6 Å². The Hall–Kier alpha value is -2.77. The van der Waals surface area contributed by atoms with Crippen molar-refractivity contribution in [1.82, 2.24) is 9.97 Å². The Morgan fingerprint density at radius 1 is 1.18 bits per heavy atom. The Morgan fingerprint density at radius 2 is 1.93 bits per heavy atom. The number of ether oxygens (including phenoxy) is 1. The number of nitrogens with one attached hydrogen (secondary N) is 1. The number of aromatic nitrogens is 2. The molecule has 0 aliphatic carbocycles. The lowest BCUT2D eigenvalue weighted by Gasteiger charge is -2.13. The third kappa shape index (κ3) is 3.50. The van der Waals surface area contributed by atoms with Crippen molar-refractivity contribution >= 4 is 38.9 Å². The molecule has 0 amide bonds. The van der Waals surface area contributed by atoms with E-state index < -0.39 is 12.1 Å². The largest absolute Gasteiger partial charge is 0.451 e. The number of esters is 1. The fourth-order valence-corrected chi connectivity index (χ4v) is 4.92. The van der Waals surface area contributed by atoms with Gasteiger partial charge in [0.15, 0.2) is 11.9 Å². The molecule has 0 saturated heterocycles. The number of hydrogen-bond donors (Lipinski definition) is 1. The molecular weight excluding hydrogens is 392 g/mol. The molecule has 0 aliphatic heterocycles. The number of hydrogen-bond acceptors (Lipinski definition) is 6. The molecule has 3 heterocycles. The molecule has 0 unspecified atom stereocenters. The van der Waals surface area contributed by atoms with Gasteiger partial charge in [-0.15, -0.1) is 22.7 Å². The maximum Gasteiger partial charge on any atom is 0.338 e. The van der Waals surface area contributed by atoms with E-state index in [4.69, 9.17) is 4.74 Å². The van der Waals surface area contributed by atoms with E-state index in [1.807, 2.05) is 42.8 Å². The monoisotopic (exact) mass is 410 g/mol. The summed E-state index contributed by atoms with van der Waals surface area (Å²) < 4.78 is 5.55. The van der Waals surface area contributed by atoms with Gasteiger partial charge >= 0.3 is 5.97 Å². The number of rotatable bonds is 4. The Kier molecular flexibility index (Phi) is 4.87. The van der Waals surface area contributed by atoms with Crippen LogP contribution in [0.4, 0.5) is 0 Å². The van der Waals surface area contributed by atoms with Crippen LogP contribution in [0.1, 0.15) is 40.3 Å². The van der Waals surface area contributed by atoms with Gasteiger partial charge in [0.1, 0.15) is 4.83 Å². The van der Waals surface area contributed by atoms with Crippen molar-refractivity contribution < 1.29 is 9.53 Å². The summed E-state index contributed by atoms with van der Waals surface area (Å²) in [4.78, 5) is 34.2. The fourth-order valence-electron chi connectivity index (χ4n) is 3.15. The SMILES string of the molecule is Cc1cc(C)cc(C(=O)O[C@H](C)c2nc3scc(-c4cccs4)c3c(=O)[nH]2)c1. The second-order valence-electron chi connectivity index (χ2n) is 6.68. The summed E-state index contributed by atoms with van der Waals surface area (Å²) in [7, 11) is 0. The van der Waals surface area contributed by atoms with Crippen LogP contribution in [0, 0.1) is 13.8 Å². The third-order valence-electron chi connectivity index (χ3n) is 4.38. The highest BCUT2D eigenvalue weighted by atomic mass is 32.1. The fraction of sp³-hybridized carbons (Fsp3) is 0.190. The lowest BCUT2D eigenvalue weighted by molar-refractivity contribution is 0.0320. The molecule has 1 aromatic carbocycles. The zero-order chi connectivity index (χ0) is 19.8. The van der Waals surface area contributed by atoms with Crippen molar-refractivity contribution in [2.24, 2.45) is 0 Å². The summed E-state index contributed by atoms with van der Waals surface area (Å²) in [5, 5.41) is 4.49. The summed E-state index contributed by atoms with van der Waals surface area (Å²) in [5.74, 6) is -0.0951. The Balaban J connectivity index is 1.64. The molecule has 0 spiro atoms. The summed E-state index contributed by atoms with van der Waals surface area (Å²) in [6.45, 7) is 5.57. The Labute approximate surface area is 169 Å². The van der Waals surface area contributed by atoms with Crippen LogP contribution in [0.15, 0.2) is 45.9 Å². The molecule has 3 aromatic heterocycles. The minimum atomic E-state index is -0.669. The van der Waals surface area contributed by atoms with E-state index in [0.717, 1.165) is 21.6 Å². The van der Waals surface area contributed by atoms with Crippen molar-refractivity contribution in [3.05, 3.63) is 74.0 Å². The molecule has 142 valence electrons. The minimum Gasteiger partial charge on any atom is -0.451 e. The number of carbonyl (C=O) groups is 1. The number of carbonyl (C=O) groups excluding carboxylic acids is 1.